The summed E-state index contributed by atoms with van der Waals surface area (Å²) in [5, 5.41) is 8.64. The van der Waals surface area contributed by atoms with E-state index < -0.39 is 18.0 Å². The van der Waals surface area contributed by atoms with Crippen LogP contribution in [0.1, 0.15) is 18.1 Å². The molecule has 0 saturated carbocycles. The van der Waals surface area contributed by atoms with Gasteiger partial charge >= 0.3 is 11.9 Å². The van der Waals surface area contributed by atoms with Gasteiger partial charge in [-0.1, -0.05) is 18.2 Å². The summed E-state index contributed by atoms with van der Waals surface area (Å²) in [5.74, 6) is -1.07. The quantitative estimate of drug-likeness (QED) is 0.650. The third kappa shape index (κ3) is 4.13. The third-order valence-electron chi connectivity index (χ3n) is 2.48. The standard InChI is InChI=1S/C14H16O5/c1-9-5-4-6-11(7-8-12(15)16)13(9)19-10(2)14(17)18-3/h4-8,10H,1-3H3,(H,15,16)/b8-7+. The summed E-state index contributed by atoms with van der Waals surface area (Å²) in [5.41, 5.74) is 1.40. The van der Waals surface area contributed by atoms with Gasteiger partial charge in [0.15, 0.2) is 6.10 Å². The molecule has 0 heterocycles. The highest BCUT2D eigenvalue weighted by Crippen LogP contribution is 2.26. The summed E-state index contributed by atoms with van der Waals surface area (Å²) in [6, 6.07) is 5.32. The fraction of sp³-hybridized carbons (Fsp3) is 0.286. The minimum Gasteiger partial charge on any atom is -0.478 e. The lowest BCUT2D eigenvalue weighted by Gasteiger charge is -2.16. The molecule has 0 saturated heterocycles. The fourth-order valence-corrected chi connectivity index (χ4v) is 1.52. The highest BCUT2D eigenvalue weighted by Gasteiger charge is 2.17. The van der Waals surface area contributed by atoms with Gasteiger partial charge in [-0.15, -0.1) is 0 Å². The first-order valence-electron chi connectivity index (χ1n) is 5.70. The van der Waals surface area contributed by atoms with Crippen LogP contribution in [0.3, 0.4) is 0 Å². The number of rotatable bonds is 5. The van der Waals surface area contributed by atoms with Gasteiger partial charge in [-0.3, -0.25) is 0 Å². The molecule has 0 bridgehead atoms. The molecule has 102 valence electrons. The number of carbonyl (C=O) groups is 2. The predicted molar refractivity (Wildman–Crippen MR) is 70.0 cm³/mol. The van der Waals surface area contributed by atoms with Crippen molar-refractivity contribution >= 4 is 18.0 Å². The van der Waals surface area contributed by atoms with Crippen LogP contribution in [0, 0.1) is 6.92 Å². The molecule has 1 aromatic carbocycles. The monoisotopic (exact) mass is 264 g/mol. The van der Waals surface area contributed by atoms with E-state index in [9.17, 15) is 9.59 Å². The van der Waals surface area contributed by atoms with E-state index in [-0.39, 0.29) is 0 Å². The Hall–Kier alpha value is -2.30. The average molecular weight is 264 g/mol. The Bertz CT molecular complexity index is 505. The highest BCUT2D eigenvalue weighted by molar-refractivity contribution is 5.86. The predicted octanol–water partition coefficient (Wildman–Crippen LogP) is 2.03. The largest absolute Gasteiger partial charge is 0.478 e. The number of para-hydroxylation sites is 1. The maximum Gasteiger partial charge on any atom is 0.346 e. The summed E-state index contributed by atoms with van der Waals surface area (Å²) in [4.78, 5) is 21.9. The van der Waals surface area contributed by atoms with Crippen molar-refractivity contribution in [3.8, 4) is 5.75 Å². The van der Waals surface area contributed by atoms with Crippen molar-refractivity contribution in [2.45, 2.75) is 20.0 Å². The van der Waals surface area contributed by atoms with E-state index in [0.29, 0.717) is 11.3 Å². The van der Waals surface area contributed by atoms with Gasteiger partial charge in [-0.25, -0.2) is 9.59 Å². The molecule has 1 rings (SSSR count). The summed E-state index contributed by atoms with van der Waals surface area (Å²) in [6.45, 7) is 3.39. The van der Waals surface area contributed by atoms with Crippen LogP contribution < -0.4 is 4.74 Å². The normalized spacial score (nSPS) is 12.2. The van der Waals surface area contributed by atoms with Crippen LogP contribution in [-0.2, 0) is 14.3 Å². The van der Waals surface area contributed by atoms with E-state index in [1.807, 2.05) is 13.0 Å². The summed E-state index contributed by atoms with van der Waals surface area (Å²) < 4.78 is 10.1. The SMILES string of the molecule is COC(=O)C(C)Oc1c(C)cccc1/C=C/C(=O)O. The molecule has 1 N–H and O–H groups in total. The zero-order valence-electron chi connectivity index (χ0n) is 11.0. The van der Waals surface area contributed by atoms with E-state index in [1.165, 1.54) is 13.2 Å². The van der Waals surface area contributed by atoms with E-state index in [4.69, 9.17) is 9.84 Å². The molecule has 0 aliphatic heterocycles. The van der Waals surface area contributed by atoms with Gasteiger partial charge in [0.05, 0.1) is 7.11 Å². The van der Waals surface area contributed by atoms with Crippen LogP contribution in [0.5, 0.6) is 5.75 Å². The number of esters is 1. The van der Waals surface area contributed by atoms with E-state index in [2.05, 4.69) is 4.74 Å². The van der Waals surface area contributed by atoms with Crippen LogP contribution in [0.4, 0.5) is 0 Å². The van der Waals surface area contributed by atoms with Crippen LogP contribution >= 0.6 is 0 Å². The van der Waals surface area contributed by atoms with Crippen molar-refractivity contribution in [1.82, 2.24) is 0 Å². The molecule has 5 nitrogen and oxygen atoms in total. The van der Waals surface area contributed by atoms with Crippen molar-refractivity contribution in [2.75, 3.05) is 7.11 Å². The van der Waals surface area contributed by atoms with E-state index >= 15 is 0 Å². The molecule has 0 amide bonds. The Morgan fingerprint density at radius 3 is 2.63 bits per heavy atom. The van der Waals surface area contributed by atoms with Gasteiger partial charge < -0.3 is 14.6 Å². The van der Waals surface area contributed by atoms with Gasteiger partial charge in [-0.2, -0.15) is 0 Å². The molecule has 1 atom stereocenters. The summed E-state index contributed by atoms with van der Waals surface area (Å²) in [7, 11) is 1.28. The van der Waals surface area contributed by atoms with Crippen LogP contribution in [-0.4, -0.2) is 30.3 Å². The lowest BCUT2D eigenvalue weighted by molar-refractivity contribution is -0.148. The molecular formula is C14H16O5. The lowest BCUT2D eigenvalue weighted by atomic mass is 10.1. The molecule has 0 radical (unpaired) electrons. The Balaban J connectivity index is 3.04. The number of carboxylic acids is 1. The molecule has 0 spiro atoms. The van der Waals surface area contributed by atoms with Gasteiger partial charge in [0.1, 0.15) is 5.75 Å². The number of carbonyl (C=O) groups excluding carboxylic acids is 1. The molecule has 0 fully saturated rings. The van der Waals surface area contributed by atoms with Crippen LogP contribution in [0.2, 0.25) is 0 Å². The Kier molecular flexibility index (Phi) is 5.11. The number of benzene rings is 1. The maximum atomic E-state index is 11.3. The second-order valence-electron chi connectivity index (χ2n) is 3.95. The number of methoxy groups -OCH3 is 1. The fourth-order valence-electron chi connectivity index (χ4n) is 1.52. The number of aryl methyl sites for hydroxylation is 1. The molecule has 19 heavy (non-hydrogen) atoms. The summed E-state index contributed by atoms with van der Waals surface area (Å²) in [6.07, 6.45) is 1.68. The van der Waals surface area contributed by atoms with Crippen molar-refractivity contribution in [1.29, 1.82) is 0 Å². The number of aliphatic carboxylic acids is 1. The Morgan fingerprint density at radius 1 is 1.37 bits per heavy atom. The van der Waals surface area contributed by atoms with Crippen molar-refractivity contribution in [3.63, 3.8) is 0 Å². The molecule has 5 heteroatoms. The lowest BCUT2D eigenvalue weighted by Crippen LogP contribution is -2.25. The average Bonchev–Trinajstić information content (AvgIpc) is 2.38. The third-order valence-corrected chi connectivity index (χ3v) is 2.48. The molecule has 0 aliphatic carbocycles. The van der Waals surface area contributed by atoms with Gasteiger partial charge in [-0.05, 0) is 25.5 Å². The first-order valence-corrected chi connectivity index (χ1v) is 5.70. The first kappa shape index (κ1) is 14.8. The minimum absolute atomic E-state index is 0.470. The molecule has 1 unspecified atom stereocenters. The highest BCUT2D eigenvalue weighted by atomic mass is 16.6. The van der Waals surface area contributed by atoms with Gasteiger partial charge in [0.2, 0.25) is 0 Å². The Morgan fingerprint density at radius 2 is 2.05 bits per heavy atom. The van der Waals surface area contributed by atoms with Crippen LogP contribution in [0.15, 0.2) is 24.3 Å². The number of ether oxygens (including phenoxy) is 2. The van der Waals surface area contributed by atoms with E-state index in [0.717, 1.165) is 11.6 Å². The summed E-state index contributed by atoms with van der Waals surface area (Å²) >= 11 is 0. The van der Waals surface area contributed by atoms with Gasteiger partial charge in [0, 0.05) is 11.6 Å². The second-order valence-corrected chi connectivity index (χ2v) is 3.95. The minimum atomic E-state index is -1.05. The zero-order valence-corrected chi connectivity index (χ0v) is 11.0. The maximum absolute atomic E-state index is 11.3. The number of carboxylic acid groups (broad SMARTS) is 1. The van der Waals surface area contributed by atoms with Gasteiger partial charge in [0.25, 0.3) is 0 Å². The van der Waals surface area contributed by atoms with Crippen molar-refractivity contribution < 1.29 is 24.2 Å². The zero-order chi connectivity index (χ0) is 14.4. The second kappa shape index (κ2) is 6.58. The van der Waals surface area contributed by atoms with Crippen molar-refractivity contribution in [3.05, 3.63) is 35.4 Å². The molecule has 0 aromatic heterocycles. The smallest absolute Gasteiger partial charge is 0.346 e. The molecule has 1 aromatic rings. The number of hydrogen-bond donors (Lipinski definition) is 1. The number of hydrogen-bond acceptors (Lipinski definition) is 4. The molecule has 0 aliphatic rings. The van der Waals surface area contributed by atoms with E-state index in [1.54, 1.807) is 19.1 Å². The van der Waals surface area contributed by atoms with Crippen LogP contribution in [0.25, 0.3) is 6.08 Å². The topological polar surface area (TPSA) is 72.8 Å². The Labute approximate surface area is 111 Å². The first-order chi connectivity index (χ1) is 8.95. The molecular weight excluding hydrogens is 248 g/mol. The van der Waals surface area contributed by atoms with Crippen molar-refractivity contribution in [2.24, 2.45) is 0 Å².